The second-order valence-electron chi connectivity index (χ2n) is 8.07. The highest BCUT2D eigenvalue weighted by Crippen LogP contribution is 2.31. The molecule has 0 unspecified atom stereocenters. The number of carbonyl (C=O) groups excluding carboxylic acids is 1. The number of Topliss-reactive ketones (excluding diaryl/α,β-unsaturated/α-hetero) is 1. The normalized spacial score (nSPS) is 11.9. The van der Waals surface area contributed by atoms with Crippen molar-refractivity contribution < 1.29 is 31.5 Å². The maximum Gasteiger partial charge on any atom is 0.416 e. The molecule has 0 aliphatic rings. The van der Waals surface area contributed by atoms with Gasteiger partial charge in [-0.15, -0.1) is 0 Å². The van der Waals surface area contributed by atoms with Crippen LogP contribution < -0.4 is 4.72 Å². The van der Waals surface area contributed by atoms with Gasteiger partial charge in [-0.3, -0.25) is 9.52 Å². The van der Waals surface area contributed by atoms with Crippen molar-refractivity contribution in [3.05, 3.63) is 100 Å². The van der Waals surface area contributed by atoms with Gasteiger partial charge in [-0.2, -0.15) is 24.5 Å². The number of rotatable bonds is 8. The number of halogens is 3. The lowest BCUT2D eigenvalue weighted by atomic mass is 9.95. The standard InChI is InChI=1S/C26H20F3NO4S2/c27-26(28,29)20-3-1-2-17(12-20)13-23(32)14-19-15-24(8-9-25(19)18-10-11-35-16-18)36(33,34)30-21-4-6-22(31)7-5-21/h1-12,15-16,30-31H,13-14H2. The van der Waals surface area contributed by atoms with Crippen LogP contribution in [0, 0.1) is 0 Å². The van der Waals surface area contributed by atoms with E-state index < -0.39 is 21.8 Å². The van der Waals surface area contributed by atoms with Gasteiger partial charge in [0.25, 0.3) is 10.0 Å². The minimum atomic E-state index is -4.52. The van der Waals surface area contributed by atoms with Gasteiger partial charge in [0.05, 0.1) is 10.5 Å². The van der Waals surface area contributed by atoms with Gasteiger partial charge >= 0.3 is 6.18 Å². The molecule has 186 valence electrons. The summed E-state index contributed by atoms with van der Waals surface area (Å²) in [5.41, 5.74) is 1.55. The van der Waals surface area contributed by atoms with Crippen LogP contribution in [0.2, 0.25) is 0 Å². The van der Waals surface area contributed by atoms with Gasteiger partial charge in [-0.25, -0.2) is 8.42 Å². The molecule has 4 aromatic rings. The molecule has 0 atom stereocenters. The number of thiophene rings is 1. The third kappa shape index (κ3) is 6.13. The summed E-state index contributed by atoms with van der Waals surface area (Å²) in [5.74, 6) is -0.369. The van der Waals surface area contributed by atoms with E-state index in [1.807, 2.05) is 16.8 Å². The number of nitrogens with one attached hydrogen (secondary N) is 1. The van der Waals surface area contributed by atoms with Crippen molar-refractivity contribution in [3.8, 4) is 16.9 Å². The van der Waals surface area contributed by atoms with Crippen LogP contribution in [0.4, 0.5) is 18.9 Å². The number of aromatic hydroxyl groups is 1. The van der Waals surface area contributed by atoms with E-state index in [2.05, 4.69) is 4.72 Å². The van der Waals surface area contributed by atoms with E-state index in [9.17, 15) is 31.5 Å². The number of anilines is 1. The number of ketones is 1. The summed E-state index contributed by atoms with van der Waals surface area (Å²) in [6.07, 6.45) is -4.90. The van der Waals surface area contributed by atoms with Crippen LogP contribution in [0.3, 0.4) is 0 Å². The molecular weight excluding hydrogens is 511 g/mol. The number of benzene rings is 3. The number of carbonyl (C=O) groups is 1. The second-order valence-corrected chi connectivity index (χ2v) is 10.5. The largest absolute Gasteiger partial charge is 0.508 e. The van der Waals surface area contributed by atoms with E-state index in [0.717, 1.165) is 17.7 Å². The fourth-order valence-electron chi connectivity index (χ4n) is 3.69. The first-order valence-corrected chi connectivity index (χ1v) is 13.1. The molecule has 1 heterocycles. The minimum absolute atomic E-state index is 0.0142. The number of phenols is 1. The Kier molecular flexibility index (Phi) is 7.18. The van der Waals surface area contributed by atoms with Crippen molar-refractivity contribution in [2.75, 3.05) is 4.72 Å². The molecule has 0 aliphatic carbocycles. The highest BCUT2D eigenvalue weighted by Gasteiger charge is 2.30. The van der Waals surface area contributed by atoms with Crippen LogP contribution in [-0.4, -0.2) is 19.3 Å². The van der Waals surface area contributed by atoms with Crippen molar-refractivity contribution >= 4 is 32.8 Å². The Bertz CT molecular complexity index is 1480. The van der Waals surface area contributed by atoms with Crippen molar-refractivity contribution in [2.24, 2.45) is 0 Å². The lowest BCUT2D eigenvalue weighted by Gasteiger charge is -2.13. The van der Waals surface area contributed by atoms with Gasteiger partial charge in [0.15, 0.2) is 0 Å². The quantitative estimate of drug-likeness (QED) is 0.262. The molecule has 2 N–H and O–H groups in total. The molecule has 36 heavy (non-hydrogen) atoms. The predicted octanol–water partition coefficient (Wildman–Crippen LogP) is 6.29. The van der Waals surface area contributed by atoms with E-state index in [0.29, 0.717) is 11.1 Å². The van der Waals surface area contributed by atoms with Gasteiger partial charge in [-0.1, -0.05) is 24.3 Å². The molecular formula is C26H20F3NO4S2. The average molecular weight is 532 g/mol. The molecule has 0 radical (unpaired) electrons. The molecule has 0 spiro atoms. The van der Waals surface area contributed by atoms with Crippen LogP contribution in [-0.2, 0) is 33.8 Å². The Morgan fingerprint density at radius 1 is 0.944 bits per heavy atom. The molecule has 4 rings (SSSR count). The van der Waals surface area contributed by atoms with E-state index in [4.69, 9.17) is 0 Å². The van der Waals surface area contributed by atoms with Crippen molar-refractivity contribution in [1.29, 1.82) is 0 Å². The van der Waals surface area contributed by atoms with Gasteiger partial charge in [0.2, 0.25) is 0 Å². The van der Waals surface area contributed by atoms with Gasteiger partial charge in [0, 0.05) is 18.5 Å². The van der Waals surface area contributed by atoms with Crippen LogP contribution >= 0.6 is 11.3 Å². The predicted molar refractivity (Wildman–Crippen MR) is 133 cm³/mol. The SMILES string of the molecule is O=C(Cc1cccc(C(F)(F)F)c1)Cc1cc(S(=O)(=O)Nc2ccc(O)cc2)ccc1-c1ccsc1. The molecule has 10 heteroatoms. The monoisotopic (exact) mass is 531 g/mol. The minimum Gasteiger partial charge on any atom is -0.508 e. The number of sulfonamides is 1. The van der Waals surface area contributed by atoms with Crippen molar-refractivity contribution in [1.82, 2.24) is 0 Å². The summed E-state index contributed by atoms with van der Waals surface area (Å²) in [6.45, 7) is 0. The fourth-order valence-corrected chi connectivity index (χ4v) is 5.45. The lowest BCUT2D eigenvalue weighted by Crippen LogP contribution is -2.14. The molecule has 0 saturated heterocycles. The van der Waals surface area contributed by atoms with Gasteiger partial charge in [-0.05, 0) is 81.5 Å². The smallest absolute Gasteiger partial charge is 0.416 e. The van der Waals surface area contributed by atoms with Gasteiger partial charge in [0.1, 0.15) is 11.5 Å². The molecule has 1 aromatic heterocycles. The summed E-state index contributed by atoms with van der Waals surface area (Å²) in [7, 11) is -4.02. The Hall–Kier alpha value is -3.63. The zero-order valence-electron chi connectivity index (χ0n) is 18.6. The highest BCUT2D eigenvalue weighted by molar-refractivity contribution is 7.92. The molecule has 0 aliphatic heterocycles. The summed E-state index contributed by atoms with van der Waals surface area (Å²) in [4.78, 5) is 12.8. The first kappa shape index (κ1) is 25.5. The number of alkyl halides is 3. The Morgan fingerprint density at radius 2 is 1.69 bits per heavy atom. The zero-order chi connectivity index (χ0) is 25.9. The van der Waals surface area contributed by atoms with E-state index >= 15 is 0 Å². The average Bonchev–Trinajstić information content (AvgIpc) is 3.35. The van der Waals surface area contributed by atoms with Crippen molar-refractivity contribution in [2.45, 2.75) is 23.9 Å². The molecule has 0 saturated carbocycles. The Balaban J connectivity index is 1.62. The molecule has 0 fully saturated rings. The topological polar surface area (TPSA) is 83.5 Å². The lowest BCUT2D eigenvalue weighted by molar-refractivity contribution is -0.137. The summed E-state index contributed by atoms with van der Waals surface area (Å²) in [5, 5.41) is 13.1. The number of hydrogen-bond donors (Lipinski definition) is 2. The van der Waals surface area contributed by atoms with Crippen LogP contribution in [0.25, 0.3) is 11.1 Å². The Morgan fingerprint density at radius 3 is 2.36 bits per heavy atom. The van der Waals surface area contributed by atoms with Crippen LogP contribution in [0.5, 0.6) is 5.75 Å². The number of phenolic OH excluding ortho intramolecular Hbond substituents is 1. The summed E-state index contributed by atoms with van der Waals surface area (Å²) in [6, 6.07) is 16.4. The molecule has 0 bridgehead atoms. The van der Waals surface area contributed by atoms with Crippen LogP contribution in [0.15, 0.2) is 88.5 Å². The Labute approximate surface area is 209 Å². The number of hydrogen-bond acceptors (Lipinski definition) is 5. The van der Waals surface area contributed by atoms with Crippen molar-refractivity contribution in [3.63, 3.8) is 0 Å². The highest BCUT2D eigenvalue weighted by atomic mass is 32.2. The van der Waals surface area contributed by atoms with E-state index in [1.165, 1.54) is 59.9 Å². The summed E-state index contributed by atoms with van der Waals surface area (Å²) >= 11 is 1.44. The first-order valence-electron chi connectivity index (χ1n) is 10.7. The van der Waals surface area contributed by atoms with Gasteiger partial charge < -0.3 is 5.11 Å². The zero-order valence-corrected chi connectivity index (χ0v) is 20.3. The second kappa shape index (κ2) is 10.2. The maximum atomic E-state index is 13.0. The maximum absolute atomic E-state index is 13.0. The molecule has 0 amide bonds. The first-order chi connectivity index (χ1) is 17.0. The third-order valence-corrected chi connectivity index (χ3v) is 7.44. The molecule has 3 aromatic carbocycles. The third-order valence-electron chi connectivity index (χ3n) is 5.38. The molecule has 5 nitrogen and oxygen atoms in total. The summed E-state index contributed by atoms with van der Waals surface area (Å²) < 4.78 is 67.5. The van der Waals surface area contributed by atoms with Crippen LogP contribution in [0.1, 0.15) is 16.7 Å². The van der Waals surface area contributed by atoms with E-state index in [-0.39, 0.29) is 40.5 Å². The van der Waals surface area contributed by atoms with E-state index in [1.54, 1.807) is 6.07 Å². The fraction of sp³-hybridized carbons (Fsp3) is 0.115.